The molecule has 3 heterocycles. The summed E-state index contributed by atoms with van der Waals surface area (Å²) in [5.74, 6) is 0.748. The van der Waals surface area contributed by atoms with Crippen LogP contribution in [0, 0.1) is 13.8 Å². The number of aryl methyl sites for hydroxylation is 2. The van der Waals surface area contributed by atoms with Gasteiger partial charge in [-0.25, -0.2) is 0 Å². The summed E-state index contributed by atoms with van der Waals surface area (Å²) in [5.41, 5.74) is 8.06. The van der Waals surface area contributed by atoms with E-state index in [2.05, 4.69) is 54.1 Å². The minimum Gasteiger partial charge on any atom is -0.354 e. The van der Waals surface area contributed by atoms with Gasteiger partial charge in [-0.1, -0.05) is 19.9 Å². The van der Waals surface area contributed by atoms with Crippen molar-refractivity contribution >= 4 is 10.9 Å². The molecule has 1 fully saturated rings. The van der Waals surface area contributed by atoms with Gasteiger partial charge in [-0.15, -0.1) is 0 Å². The van der Waals surface area contributed by atoms with Gasteiger partial charge in [0.05, 0.1) is 12.1 Å². The van der Waals surface area contributed by atoms with Crippen molar-refractivity contribution in [2.45, 2.75) is 65.0 Å². The number of nitrogens with zero attached hydrogens (tertiary/aromatic N) is 2. The number of fused-ring (bicyclic) bond motifs is 1. The molecule has 0 aliphatic carbocycles. The Hall–Kier alpha value is -2.34. The van der Waals surface area contributed by atoms with Gasteiger partial charge in [-0.3, -0.25) is 4.98 Å². The van der Waals surface area contributed by atoms with E-state index in [1.807, 2.05) is 18.7 Å². The first kappa shape index (κ1) is 22.8. The van der Waals surface area contributed by atoms with E-state index in [1.54, 1.807) is 0 Å². The summed E-state index contributed by atoms with van der Waals surface area (Å²) in [5, 5.41) is 1.25. The standard InChI is InChI=1S/C26H32F3N3/c1-16(2)24-22-15-20(19-7-10-32(11-8-19)12-9-26(27,28)29)5-6-23(22)31-25(24)21-13-17(3)30-18(4)14-21/h5-6,13-16,19,31H,7-12H2,1-4H3. The zero-order chi connectivity index (χ0) is 23.0. The van der Waals surface area contributed by atoms with E-state index in [9.17, 15) is 13.2 Å². The second kappa shape index (κ2) is 8.89. The first-order valence-electron chi connectivity index (χ1n) is 11.5. The number of likely N-dealkylation sites (tertiary alicyclic amines) is 1. The van der Waals surface area contributed by atoms with Crippen molar-refractivity contribution in [2.75, 3.05) is 19.6 Å². The number of aromatic amines is 1. The smallest absolute Gasteiger partial charge is 0.354 e. The topological polar surface area (TPSA) is 31.9 Å². The average molecular weight is 444 g/mol. The molecule has 3 nitrogen and oxygen atoms in total. The van der Waals surface area contributed by atoms with Gasteiger partial charge in [0.2, 0.25) is 0 Å². The first-order chi connectivity index (χ1) is 15.1. The molecular weight excluding hydrogens is 411 g/mol. The van der Waals surface area contributed by atoms with E-state index < -0.39 is 12.6 Å². The summed E-state index contributed by atoms with van der Waals surface area (Å²) in [7, 11) is 0. The Balaban J connectivity index is 1.60. The maximum atomic E-state index is 12.5. The van der Waals surface area contributed by atoms with Crippen molar-refractivity contribution in [3.63, 3.8) is 0 Å². The molecule has 1 N–H and O–H groups in total. The molecule has 2 aromatic heterocycles. The number of pyridine rings is 1. The SMILES string of the molecule is Cc1cc(-c2[nH]c3ccc(C4CCN(CCC(F)(F)F)CC4)cc3c2C(C)C)cc(C)n1. The largest absolute Gasteiger partial charge is 0.390 e. The zero-order valence-electron chi connectivity index (χ0n) is 19.3. The van der Waals surface area contributed by atoms with Crippen molar-refractivity contribution in [2.24, 2.45) is 0 Å². The van der Waals surface area contributed by atoms with Gasteiger partial charge in [0.25, 0.3) is 0 Å². The quantitative estimate of drug-likeness (QED) is 0.456. The molecule has 3 aromatic rings. The normalized spacial score (nSPS) is 16.4. The molecule has 0 spiro atoms. The van der Waals surface area contributed by atoms with Crippen LogP contribution in [-0.4, -0.2) is 40.7 Å². The number of halogens is 3. The number of H-pyrrole nitrogens is 1. The Bertz CT molecular complexity index is 1070. The summed E-state index contributed by atoms with van der Waals surface area (Å²) in [6.45, 7) is 10.0. The van der Waals surface area contributed by atoms with Gasteiger partial charge in [-0.2, -0.15) is 13.2 Å². The van der Waals surface area contributed by atoms with E-state index >= 15 is 0 Å². The Morgan fingerprint density at radius 1 is 1.06 bits per heavy atom. The molecule has 1 aliphatic heterocycles. The number of benzene rings is 1. The summed E-state index contributed by atoms with van der Waals surface area (Å²) >= 11 is 0. The highest BCUT2D eigenvalue weighted by atomic mass is 19.4. The third-order valence-corrected chi connectivity index (χ3v) is 6.58. The molecule has 0 atom stereocenters. The lowest BCUT2D eigenvalue weighted by Crippen LogP contribution is -2.35. The van der Waals surface area contributed by atoms with Crippen LogP contribution in [0.3, 0.4) is 0 Å². The Kier molecular flexibility index (Phi) is 6.35. The van der Waals surface area contributed by atoms with E-state index in [4.69, 9.17) is 0 Å². The second-order valence-electron chi connectivity index (χ2n) is 9.49. The predicted octanol–water partition coefficient (Wildman–Crippen LogP) is 7.10. The van der Waals surface area contributed by atoms with E-state index in [0.29, 0.717) is 11.8 Å². The van der Waals surface area contributed by atoms with Gasteiger partial charge in [0, 0.05) is 34.4 Å². The minimum atomic E-state index is -4.08. The maximum absolute atomic E-state index is 12.5. The highest BCUT2D eigenvalue weighted by Crippen LogP contribution is 2.38. The lowest BCUT2D eigenvalue weighted by Gasteiger charge is -2.32. The molecule has 1 aliphatic rings. The van der Waals surface area contributed by atoms with Crippen LogP contribution in [-0.2, 0) is 0 Å². The van der Waals surface area contributed by atoms with Gasteiger partial charge in [0.15, 0.2) is 0 Å². The molecule has 172 valence electrons. The number of hydrogen-bond donors (Lipinski definition) is 1. The van der Waals surface area contributed by atoms with Crippen LogP contribution >= 0.6 is 0 Å². The van der Waals surface area contributed by atoms with Crippen LogP contribution in [0.1, 0.15) is 67.5 Å². The average Bonchev–Trinajstić information content (AvgIpc) is 3.10. The second-order valence-corrected chi connectivity index (χ2v) is 9.49. The van der Waals surface area contributed by atoms with Crippen LogP contribution in [0.15, 0.2) is 30.3 Å². The minimum absolute atomic E-state index is 0.110. The highest BCUT2D eigenvalue weighted by Gasteiger charge is 2.29. The molecule has 32 heavy (non-hydrogen) atoms. The van der Waals surface area contributed by atoms with E-state index in [1.165, 1.54) is 16.5 Å². The fourth-order valence-electron chi connectivity index (χ4n) is 5.07. The van der Waals surface area contributed by atoms with Crippen molar-refractivity contribution in [3.05, 3.63) is 52.8 Å². The fraction of sp³-hybridized carbons (Fsp3) is 0.500. The van der Waals surface area contributed by atoms with Crippen LogP contribution in [0.5, 0.6) is 0 Å². The number of hydrogen-bond acceptors (Lipinski definition) is 2. The van der Waals surface area contributed by atoms with E-state index in [0.717, 1.165) is 54.1 Å². The molecule has 0 unspecified atom stereocenters. The molecule has 1 saturated heterocycles. The highest BCUT2D eigenvalue weighted by molar-refractivity contribution is 5.92. The Labute approximate surface area is 188 Å². The lowest BCUT2D eigenvalue weighted by molar-refractivity contribution is -0.138. The Morgan fingerprint density at radius 2 is 1.72 bits per heavy atom. The summed E-state index contributed by atoms with van der Waals surface area (Å²) in [6.07, 6.45) is -2.99. The number of aromatic nitrogens is 2. The zero-order valence-corrected chi connectivity index (χ0v) is 19.3. The first-order valence-corrected chi connectivity index (χ1v) is 11.5. The maximum Gasteiger partial charge on any atom is 0.390 e. The van der Waals surface area contributed by atoms with Gasteiger partial charge in [0.1, 0.15) is 0 Å². The number of piperidine rings is 1. The predicted molar refractivity (Wildman–Crippen MR) is 124 cm³/mol. The fourth-order valence-corrected chi connectivity index (χ4v) is 5.07. The third kappa shape index (κ3) is 5.01. The molecule has 0 amide bonds. The molecule has 4 rings (SSSR count). The number of rotatable bonds is 5. The monoisotopic (exact) mass is 443 g/mol. The van der Waals surface area contributed by atoms with Crippen LogP contribution in [0.4, 0.5) is 13.2 Å². The molecule has 0 bridgehead atoms. The van der Waals surface area contributed by atoms with Crippen molar-refractivity contribution in [1.29, 1.82) is 0 Å². The van der Waals surface area contributed by atoms with Gasteiger partial charge >= 0.3 is 6.18 Å². The number of alkyl halides is 3. The molecule has 1 aromatic carbocycles. The van der Waals surface area contributed by atoms with Crippen molar-refractivity contribution < 1.29 is 13.2 Å². The Morgan fingerprint density at radius 3 is 2.31 bits per heavy atom. The van der Waals surface area contributed by atoms with Crippen molar-refractivity contribution in [3.8, 4) is 11.3 Å². The molecule has 0 saturated carbocycles. The summed E-state index contributed by atoms with van der Waals surface area (Å²) < 4.78 is 37.6. The van der Waals surface area contributed by atoms with Crippen molar-refractivity contribution in [1.82, 2.24) is 14.9 Å². The summed E-state index contributed by atoms with van der Waals surface area (Å²) in [6, 6.07) is 10.9. The summed E-state index contributed by atoms with van der Waals surface area (Å²) in [4.78, 5) is 10.1. The lowest BCUT2D eigenvalue weighted by atomic mass is 9.87. The molecular formula is C26H32F3N3. The van der Waals surface area contributed by atoms with Gasteiger partial charge < -0.3 is 9.88 Å². The van der Waals surface area contributed by atoms with Gasteiger partial charge in [-0.05, 0) is 87.0 Å². The number of nitrogens with one attached hydrogen (secondary N) is 1. The van der Waals surface area contributed by atoms with E-state index in [-0.39, 0.29) is 6.54 Å². The third-order valence-electron chi connectivity index (χ3n) is 6.58. The van der Waals surface area contributed by atoms with Crippen LogP contribution < -0.4 is 0 Å². The molecule has 0 radical (unpaired) electrons. The van der Waals surface area contributed by atoms with Crippen LogP contribution in [0.25, 0.3) is 22.2 Å². The van der Waals surface area contributed by atoms with Crippen LogP contribution in [0.2, 0.25) is 0 Å². The molecule has 6 heteroatoms.